The number of aryl methyl sites for hydroxylation is 1. The van der Waals surface area contributed by atoms with Gasteiger partial charge in [-0.05, 0) is 60.3 Å². The van der Waals surface area contributed by atoms with Gasteiger partial charge in [0, 0.05) is 19.6 Å². The van der Waals surface area contributed by atoms with Gasteiger partial charge in [0.15, 0.2) is 0 Å². The summed E-state index contributed by atoms with van der Waals surface area (Å²) < 4.78 is 28.3. The highest BCUT2D eigenvalue weighted by Crippen LogP contribution is 2.35. The molecule has 0 unspecified atom stereocenters. The van der Waals surface area contributed by atoms with Crippen LogP contribution in [0.5, 0.6) is 0 Å². The first kappa shape index (κ1) is 20.5. The quantitative estimate of drug-likeness (QED) is 0.719. The number of rotatable bonds is 5. The predicted octanol–water partition coefficient (Wildman–Crippen LogP) is 3.93. The second kappa shape index (κ2) is 8.03. The number of halogens is 1. The number of amides is 1. The van der Waals surface area contributed by atoms with E-state index in [4.69, 9.17) is 0 Å². The highest BCUT2D eigenvalue weighted by Gasteiger charge is 2.42. The third-order valence-electron chi connectivity index (χ3n) is 4.93. The van der Waals surface area contributed by atoms with Crippen molar-refractivity contribution in [1.82, 2.24) is 9.62 Å². The van der Waals surface area contributed by atoms with Crippen LogP contribution in [0.4, 0.5) is 0 Å². The van der Waals surface area contributed by atoms with Gasteiger partial charge in [0.2, 0.25) is 5.91 Å². The van der Waals surface area contributed by atoms with Crippen LogP contribution in [0.15, 0.2) is 44.4 Å². The number of benzene rings is 1. The van der Waals surface area contributed by atoms with Crippen LogP contribution in [0, 0.1) is 12.3 Å². The zero-order chi connectivity index (χ0) is 19.7. The average Bonchev–Trinajstić information content (AvgIpc) is 3.08. The van der Waals surface area contributed by atoms with Gasteiger partial charge in [-0.25, -0.2) is 8.42 Å². The Bertz CT molecular complexity index is 925. The molecule has 0 spiro atoms. The van der Waals surface area contributed by atoms with E-state index in [1.54, 1.807) is 12.1 Å². The van der Waals surface area contributed by atoms with Gasteiger partial charge < -0.3 is 5.32 Å². The average molecular weight is 471 g/mol. The SMILES string of the molecule is Cc1ccc(CNC(=O)[C@@]2(C)CCCN(S(=O)(=O)c3ccc(Br)s3)C2)cc1. The Balaban J connectivity index is 1.69. The molecule has 1 atom stereocenters. The first-order valence-electron chi connectivity index (χ1n) is 8.80. The highest BCUT2D eigenvalue weighted by atomic mass is 79.9. The maximum absolute atomic E-state index is 12.9. The topological polar surface area (TPSA) is 66.5 Å². The Morgan fingerprint density at radius 3 is 2.59 bits per heavy atom. The number of carbonyl (C=O) groups excluding carboxylic acids is 1. The number of hydrogen-bond acceptors (Lipinski definition) is 4. The number of nitrogens with one attached hydrogen (secondary N) is 1. The monoisotopic (exact) mass is 470 g/mol. The second-order valence-corrected chi connectivity index (χ2v) is 11.9. The van der Waals surface area contributed by atoms with Crippen LogP contribution in [-0.2, 0) is 21.4 Å². The molecular formula is C19H23BrN2O3S2. The van der Waals surface area contributed by atoms with E-state index in [0.29, 0.717) is 30.1 Å². The molecule has 0 bridgehead atoms. The summed E-state index contributed by atoms with van der Waals surface area (Å²) in [5.41, 5.74) is 1.47. The molecular weight excluding hydrogens is 448 g/mol. The minimum absolute atomic E-state index is 0.102. The van der Waals surface area contributed by atoms with Gasteiger partial charge in [-0.2, -0.15) is 4.31 Å². The van der Waals surface area contributed by atoms with Crippen LogP contribution in [0.1, 0.15) is 30.9 Å². The number of sulfonamides is 1. The second-order valence-electron chi connectivity index (χ2n) is 7.23. The zero-order valence-electron chi connectivity index (χ0n) is 15.4. The normalized spacial score (nSPS) is 21.1. The maximum Gasteiger partial charge on any atom is 0.252 e. The summed E-state index contributed by atoms with van der Waals surface area (Å²) in [4.78, 5) is 12.8. The molecule has 1 aliphatic heterocycles. The molecule has 1 fully saturated rings. The lowest BCUT2D eigenvalue weighted by atomic mass is 9.82. The van der Waals surface area contributed by atoms with Gasteiger partial charge in [-0.3, -0.25) is 4.79 Å². The van der Waals surface area contributed by atoms with Crippen molar-refractivity contribution in [2.45, 2.75) is 37.4 Å². The van der Waals surface area contributed by atoms with E-state index in [1.807, 2.05) is 38.1 Å². The van der Waals surface area contributed by atoms with E-state index in [0.717, 1.165) is 9.35 Å². The lowest BCUT2D eigenvalue weighted by molar-refractivity contribution is -0.132. The molecule has 0 aliphatic carbocycles. The van der Waals surface area contributed by atoms with Crippen molar-refractivity contribution in [1.29, 1.82) is 0 Å². The Kier molecular flexibility index (Phi) is 6.10. The van der Waals surface area contributed by atoms with Crippen molar-refractivity contribution in [2.24, 2.45) is 5.41 Å². The van der Waals surface area contributed by atoms with Crippen LogP contribution in [0.3, 0.4) is 0 Å². The first-order valence-corrected chi connectivity index (χ1v) is 11.8. The number of hydrogen-bond donors (Lipinski definition) is 1. The summed E-state index contributed by atoms with van der Waals surface area (Å²) in [5.74, 6) is -0.102. The number of piperidine rings is 1. The first-order chi connectivity index (χ1) is 12.7. The molecule has 1 saturated heterocycles. The van der Waals surface area contributed by atoms with Gasteiger partial charge in [-0.1, -0.05) is 29.8 Å². The molecule has 1 aromatic carbocycles. The van der Waals surface area contributed by atoms with E-state index in [2.05, 4.69) is 21.2 Å². The Hall–Kier alpha value is -1.22. The third-order valence-corrected chi connectivity index (χ3v) is 8.86. The van der Waals surface area contributed by atoms with Gasteiger partial charge in [0.1, 0.15) is 4.21 Å². The smallest absolute Gasteiger partial charge is 0.252 e. The summed E-state index contributed by atoms with van der Waals surface area (Å²) >= 11 is 4.50. The lowest BCUT2D eigenvalue weighted by Gasteiger charge is -2.38. The van der Waals surface area contributed by atoms with Crippen molar-refractivity contribution in [2.75, 3.05) is 13.1 Å². The Labute approximate surface area is 173 Å². The molecule has 1 N–H and O–H groups in total. The summed E-state index contributed by atoms with van der Waals surface area (Å²) in [6.45, 7) is 4.96. The van der Waals surface area contributed by atoms with E-state index >= 15 is 0 Å². The summed E-state index contributed by atoms with van der Waals surface area (Å²) in [5, 5.41) is 2.98. The van der Waals surface area contributed by atoms with E-state index in [9.17, 15) is 13.2 Å². The molecule has 146 valence electrons. The van der Waals surface area contributed by atoms with Gasteiger partial charge in [0.05, 0.1) is 9.20 Å². The number of carbonyl (C=O) groups is 1. The predicted molar refractivity (Wildman–Crippen MR) is 111 cm³/mol. The fourth-order valence-electron chi connectivity index (χ4n) is 3.25. The van der Waals surface area contributed by atoms with Gasteiger partial charge >= 0.3 is 0 Å². The molecule has 2 aromatic rings. The third kappa shape index (κ3) is 4.62. The largest absolute Gasteiger partial charge is 0.352 e. The van der Waals surface area contributed by atoms with E-state index in [-0.39, 0.29) is 12.5 Å². The van der Waals surface area contributed by atoms with Crippen molar-refractivity contribution < 1.29 is 13.2 Å². The molecule has 2 heterocycles. The van der Waals surface area contributed by atoms with Crippen molar-refractivity contribution in [3.05, 3.63) is 51.3 Å². The van der Waals surface area contributed by atoms with E-state index < -0.39 is 15.4 Å². The molecule has 0 saturated carbocycles. The molecule has 1 amide bonds. The summed E-state index contributed by atoms with van der Waals surface area (Å²) in [6.07, 6.45) is 1.34. The number of nitrogens with zero attached hydrogens (tertiary/aromatic N) is 1. The Morgan fingerprint density at radius 2 is 1.96 bits per heavy atom. The van der Waals surface area contributed by atoms with Crippen molar-refractivity contribution in [3.8, 4) is 0 Å². The van der Waals surface area contributed by atoms with Crippen LogP contribution < -0.4 is 5.32 Å². The molecule has 0 radical (unpaired) electrons. The summed E-state index contributed by atoms with van der Waals surface area (Å²) in [7, 11) is -3.58. The van der Waals surface area contributed by atoms with Crippen molar-refractivity contribution in [3.63, 3.8) is 0 Å². The standard InChI is InChI=1S/C19H23BrN2O3S2/c1-14-4-6-15(7-5-14)12-21-18(23)19(2)10-3-11-22(13-19)27(24,25)17-9-8-16(20)26-17/h4-9H,3,10-13H2,1-2H3,(H,21,23)/t19-/m0/s1. The molecule has 1 aliphatic rings. The Morgan fingerprint density at radius 1 is 1.26 bits per heavy atom. The van der Waals surface area contributed by atoms with Crippen LogP contribution >= 0.6 is 27.3 Å². The molecule has 8 heteroatoms. The minimum atomic E-state index is -3.58. The fourth-order valence-corrected chi connectivity index (χ4v) is 7.02. The van der Waals surface area contributed by atoms with Gasteiger partial charge in [0.25, 0.3) is 10.0 Å². The minimum Gasteiger partial charge on any atom is -0.352 e. The molecule has 5 nitrogen and oxygen atoms in total. The van der Waals surface area contributed by atoms with E-state index in [1.165, 1.54) is 21.2 Å². The maximum atomic E-state index is 12.9. The van der Waals surface area contributed by atoms with Crippen LogP contribution in [0.2, 0.25) is 0 Å². The van der Waals surface area contributed by atoms with Crippen LogP contribution in [-0.4, -0.2) is 31.7 Å². The highest BCUT2D eigenvalue weighted by molar-refractivity contribution is 9.11. The van der Waals surface area contributed by atoms with Crippen LogP contribution in [0.25, 0.3) is 0 Å². The van der Waals surface area contributed by atoms with Gasteiger partial charge in [-0.15, -0.1) is 11.3 Å². The summed E-state index contributed by atoms with van der Waals surface area (Å²) in [6, 6.07) is 11.3. The number of thiophene rings is 1. The van der Waals surface area contributed by atoms with Crippen molar-refractivity contribution >= 4 is 43.2 Å². The fraction of sp³-hybridized carbons (Fsp3) is 0.421. The molecule has 1 aromatic heterocycles. The zero-order valence-corrected chi connectivity index (χ0v) is 18.6. The molecule has 3 rings (SSSR count). The molecule has 27 heavy (non-hydrogen) atoms. The lowest BCUT2D eigenvalue weighted by Crippen LogP contribution is -2.51.